The molecule has 9 heteroatoms. The minimum absolute atomic E-state index is 0. The zero-order valence-corrected chi connectivity index (χ0v) is 18.8. The summed E-state index contributed by atoms with van der Waals surface area (Å²) < 4.78 is 33.5. The molecule has 7 nitrogen and oxygen atoms in total. The van der Waals surface area contributed by atoms with E-state index in [4.69, 9.17) is 9.47 Å². The fourth-order valence-electron chi connectivity index (χ4n) is 2.27. The number of methoxy groups -OCH3 is 2. The Balaban J connectivity index is 0.00000364. The van der Waals surface area contributed by atoms with Crippen molar-refractivity contribution in [2.45, 2.75) is 11.4 Å². The Kier molecular flexibility index (Phi) is 8.83. The maximum absolute atomic E-state index is 11.5. The molecule has 0 spiro atoms. The smallest absolute Gasteiger partial charge is 0.195 e. The van der Waals surface area contributed by atoms with Crippen molar-refractivity contribution >= 4 is 45.5 Å². The fourth-order valence-corrected chi connectivity index (χ4v) is 2.90. The van der Waals surface area contributed by atoms with Crippen LogP contribution in [-0.4, -0.2) is 41.9 Å². The van der Waals surface area contributed by atoms with E-state index in [1.165, 1.54) is 6.26 Å². The molecule has 0 saturated heterocycles. The van der Waals surface area contributed by atoms with Crippen LogP contribution in [0.15, 0.2) is 52.4 Å². The molecule has 0 atom stereocenters. The van der Waals surface area contributed by atoms with Gasteiger partial charge in [-0.3, -0.25) is 4.99 Å². The molecule has 27 heavy (non-hydrogen) atoms. The van der Waals surface area contributed by atoms with Gasteiger partial charge in [0.1, 0.15) is 0 Å². The van der Waals surface area contributed by atoms with Crippen molar-refractivity contribution in [2.75, 3.05) is 32.8 Å². The van der Waals surface area contributed by atoms with Gasteiger partial charge in [-0.15, -0.1) is 24.0 Å². The Bertz CT molecular complexity index is 884. The third kappa shape index (κ3) is 6.58. The SMILES string of the molecule is CN=C(NCc1ccc(S(C)(=O)=O)cc1)Nc1ccc(OC)c(OC)c1.I. The van der Waals surface area contributed by atoms with Gasteiger partial charge in [0.2, 0.25) is 0 Å². The average molecular weight is 505 g/mol. The van der Waals surface area contributed by atoms with Crippen LogP contribution >= 0.6 is 24.0 Å². The second-order valence-corrected chi connectivity index (χ2v) is 7.55. The van der Waals surface area contributed by atoms with Crippen LogP contribution in [0.5, 0.6) is 11.5 Å². The van der Waals surface area contributed by atoms with Crippen LogP contribution in [-0.2, 0) is 16.4 Å². The van der Waals surface area contributed by atoms with Gasteiger partial charge in [0, 0.05) is 31.6 Å². The van der Waals surface area contributed by atoms with Crippen LogP contribution in [0.25, 0.3) is 0 Å². The monoisotopic (exact) mass is 505 g/mol. The number of sulfone groups is 1. The molecule has 0 heterocycles. The Labute approximate surface area is 177 Å². The molecular formula is C18H24IN3O4S. The standard InChI is InChI=1S/C18H23N3O4S.HI/c1-19-18(21-14-7-10-16(24-2)17(11-14)25-3)20-12-13-5-8-15(9-6-13)26(4,22)23;/h5-11H,12H2,1-4H3,(H2,19,20,21);1H. The summed E-state index contributed by atoms with van der Waals surface area (Å²) in [5.74, 6) is 1.83. The molecule has 0 radical (unpaired) electrons. The van der Waals surface area contributed by atoms with E-state index < -0.39 is 9.84 Å². The van der Waals surface area contributed by atoms with Gasteiger partial charge in [-0.05, 0) is 29.8 Å². The van der Waals surface area contributed by atoms with Crippen molar-refractivity contribution < 1.29 is 17.9 Å². The van der Waals surface area contributed by atoms with Gasteiger partial charge in [0.15, 0.2) is 27.3 Å². The molecule has 0 fully saturated rings. The van der Waals surface area contributed by atoms with Gasteiger partial charge >= 0.3 is 0 Å². The number of hydrogen-bond acceptors (Lipinski definition) is 5. The molecule has 2 aromatic rings. The second-order valence-electron chi connectivity index (χ2n) is 5.54. The molecule has 0 aromatic heterocycles. The summed E-state index contributed by atoms with van der Waals surface area (Å²) in [6.45, 7) is 0.497. The van der Waals surface area contributed by atoms with Crippen LogP contribution in [0, 0.1) is 0 Å². The summed E-state index contributed by atoms with van der Waals surface area (Å²) in [6, 6.07) is 12.2. The number of rotatable bonds is 6. The van der Waals surface area contributed by atoms with Crippen molar-refractivity contribution in [3.63, 3.8) is 0 Å². The van der Waals surface area contributed by atoms with Crippen molar-refractivity contribution in [3.05, 3.63) is 48.0 Å². The summed E-state index contributed by atoms with van der Waals surface area (Å²) >= 11 is 0. The van der Waals surface area contributed by atoms with Crippen molar-refractivity contribution in [1.82, 2.24) is 5.32 Å². The molecule has 0 aliphatic heterocycles. The van der Waals surface area contributed by atoms with Gasteiger partial charge in [-0.25, -0.2) is 8.42 Å². The lowest BCUT2D eigenvalue weighted by atomic mass is 10.2. The molecule has 148 valence electrons. The summed E-state index contributed by atoms with van der Waals surface area (Å²) in [7, 11) is 1.64. The van der Waals surface area contributed by atoms with E-state index in [2.05, 4.69) is 15.6 Å². The first-order chi connectivity index (χ1) is 12.4. The van der Waals surface area contributed by atoms with E-state index in [1.807, 2.05) is 12.1 Å². The third-order valence-electron chi connectivity index (χ3n) is 3.68. The molecule has 0 saturated carbocycles. The van der Waals surface area contributed by atoms with E-state index >= 15 is 0 Å². The number of aliphatic imine (C=N–C) groups is 1. The van der Waals surface area contributed by atoms with Crippen molar-refractivity contribution in [2.24, 2.45) is 4.99 Å². The first kappa shape index (κ1) is 23.0. The maximum Gasteiger partial charge on any atom is 0.195 e. The first-order valence-corrected chi connectivity index (χ1v) is 9.75. The van der Waals surface area contributed by atoms with Crippen LogP contribution in [0.4, 0.5) is 5.69 Å². The number of anilines is 1. The lowest BCUT2D eigenvalue weighted by molar-refractivity contribution is 0.355. The Morgan fingerprint density at radius 1 is 1.04 bits per heavy atom. The summed E-state index contributed by atoms with van der Waals surface area (Å²) in [6.07, 6.45) is 1.19. The predicted octanol–water partition coefficient (Wildman–Crippen LogP) is 2.91. The Morgan fingerprint density at radius 3 is 2.19 bits per heavy atom. The van der Waals surface area contributed by atoms with Gasteiger partial charge in [-0.1, -0.05) is 12.1 Å². The molecule has 0 amide bonds. The molecular weight excluding hydrogens is 481 g/mol. The van der Waals surface area contributed by atoms with Gasteiger partial charge in [-0.2, -0.15) is 0 Å². The van der Waals surface area contributed by atoms with Gasteiger partial charge < -0.3 is 20.1 Å². The number of nitrogens with zero attached hydrogens (tertiary/aromatic N) is 1. The van der Waals surface area contributed by atoms with Gasteiger partial charge in [0.05, 0.1) is 19.1 Å². The highest BCUT2D eigenvalue weighted by Crippen LogP contribution is 2.29. The Hall–Kier alpha value is -2.01. The Morgan fingerprint density at radius 2 is 1.67 bits per heavy atom. The second kappa shape index (κ2) is 10.4. The quantitative estimate of drug-likeness (QED) is 0.357. The average Bonchev–Trinajstić information content (AvgIpc) is 2.64. The van der Waals surface area contributed by atoms with Crippen molar-refractivity contribution in [1.29, 1.82) is 0 Å². The molecule has 0 aliphatic rings. The number of ether oxygens (including phenoxy) is 2. The number of halogens is 1. The highest BCUT2D eigenvalue weighted by Gasteiger charge is 2.08. The first-order valence-electron chi connectivity index (χ1n) is 7.86. The third-order valence-corrected chi connectivity index (χ3v) is 4.81. The lowest BCUT2D eigenvalue weighted by Crippen LogP contribution is -2.30. The van der Waals surface area contributed by atoms with Gasteiger partial charge in [0.25, 0.3) is 0 Å². The van der Waals surface area contributed by atoms with E-state index in [-0.39, 0.29) is 24.0 Å². The van der Waals surface area contributed by atoms with Crippen molar-refractivity contribution in [3.8, 4) is 11.5 Å². The highest BCUT2D eigenvalue weighted by atomic mass is 127. The normalized spacial score (nSPS) is 11.3. The maximum atomic E-state index is 11.5. The minimum Gasteiger partial charge on any atom is -0.493 e. The summed E-state index contributed by atoms with van der Waals surface area (Å²) in [5, 5.41) is 6.34. The number of guanidine groups is 1. The summed E-state index contributed by atoms with van der Waals surface area (Å²) in [4.78, 5) is 4.48. The number of hydrogen-bond donors (Lipinski definition) is 2. The fraction of sp³-hybridized carbons (Fsp3) is 0.278. The molecule has 2 N–H and O–H groups in total. The van der Waals surface area contributed by atoms with E-state index in [0.29, 0.717) is 28.9 Å². The van der Waals surface area contributed by atoms with E-state index in [1.54, 1.807) is 51.6 Å². The molecule has 2 aromatic carbocycles. The largest absolute Gasteiger partial charge is 0.493 e. The van der Waals surface area contributed by atoms with Crippen LogP contribution < -0.4 is 20.1 Å². The predicted molar refractivity (Wildman–Crippen MR) is 118 cm³/mol. The zero-order valence-electron chi connectivity index (χ0n) is 15.6. The molecule has 0 bridgehead atoms. The van der Waals surface area contributed by atoms with Crippen LogP contribution in [0.2, 0.25) is 0 Å². The minimum atomic E-state index is -3.19. The molecule has 0 aliphatic carbocycles. The van der Waals surface area contributed by atoms with Crippen LogP contribution in [0.3, 0.4) is 0 Å². The van der Waals surface area contributed by atoms with Crippen LogP contribution in [0.1, 0.15) is 5.56 Å². The number of benzene rings is 2. The molecule has 0 unspecified atom stereocenters. The topological polar surface area (TPSA) is 89.0 Å². The number of nitrogens with one attached hydrogen (secondary N) is 2. The summed E-state index contributed by atoms with van der Waals surface area (Å²) in [5.41, 5.74) is 1.73. The van der Waals surface area contributed by atoms with E-state index in [0.717, 1.165) is 11.3 Å². The molecule has 2 rings (SSSR count). The highest BCUT2D eigenvalue weighted by molar-refractivity contribution is 14.0. The van der Waals surface area contributed by atoms with E-state index in [9.17, 15) is 8.42 Å². The lowest BCUT2D eigenvalue weighted by Gasteiger charge is -2.14. The zero-order chi connectivity index (χ0) is 19.2.